The van der Waals surface area contributed by atoms with Crippen molar-refractivity contribution >= 4 is 21.6 Å². The van der Waals surface area contributed by atoms with Crippen molar-refractivity contribution in [2.24, 2.45) is 0 Å². The molecule has 0 radical (unpaired) electrons. The number of fused-ring (bicyclic) bond motifs is 1. The van der Waals surface area contributed by atoms with E-state index in [2.05, 4.69) is 10.0 Å². The van der Waals surface area contributed by atoms with Gasteiger partial charge in [0.2, 0.25) is 10.0 Å². The lowest BCUT2D eigenvalue weighted by Gasteiger charge is -2.30. The summed E-state index contributed by atoms with van der Waals surface area (Å²) in [5, 5.41) is 13.3. The molecule has 2 atom stereocenters. The SMILES string of the molecule is Cc1cc(NC(=O)c2cccc(S(=O)(=O)N[C@@H]3CCc4ccccc4[C@@H]3O)c2)ccc1F. The number of amides is 1. The summed E-state index contributed by atoms with van der Waals surface area (Å²) in [4.78, 5) is 12.5. The summed E-state index contributed by atoms with van der Waals surface area (Å²) in [5.41, 5.74) is 2.66. The van der Waals surface area contributed by atoms with E-state index in [1.54, 1.807) is 13.0 Å². The topological polar surface area (TPSA) is 95.5 Å². The summed E-state index contributed by atoms with van der Waals surface area (Å²) >= 11 is 0. The van der Waals surface area contributed by atoms with Crippen LogP contribution >= 0.6 is 0 Å². The molecular formula is C24H23FN2O4S. The van der Waals surface area contributed by atoms with Crippen molar-refractivity contribution in [3.05, 3.63) is 94.8 Å². The van der Waals surface area contributed by atoms with Crippen LogP contribution in [-0.2, 0) is 16.4 Å². The molecule has 8 heteroatoms. The van der Waals surface area contributed by atoms with E-state index in [0.29, 0.717) is 29.7 Å². The number of benzene rings is 3. The summed E-state index contributed by atoms with van der Waals surface area (Å²) in [7, 11) is -3.98. The van der Waals surface area contributed by atoms with Crippen molar-refractivity contribution in [1.82, 2.24) is 4.72 Å². The molecular weight excluding hydrogens is 431 g/mol. The van der Waals surface area contributed by atoms with Crippen molar-refractivity contribution in [2.45, 2.75) is 36.8 Å². The Kier molecular flexibility index (Phi) is 6.10. The number of rotatable bonds is 5. The molecule has 0 heterocycles. The second-order valence-electron chi connectivity index (χ2n) is 7.86. The van der Waals surface area contributed by atoms with Gasteiger partial charge in [-0.25, -0.2) is 17.5 Å². The highest BCUT2D eigenvalue weighted by Crippen LogP contribution is 2.30. The number of halogens is 1. The fraction of sp³-hybridized carbons (Fsp3) is 0.208. The van der Waals surface area contributed by atoms with Gasteiger partial charge in [0.1, 0.15) is 5.82 Å². The average Bonchev–Trinajstić information content (AvgIpc) is 2.78. The van der Waals surface area contributed by atoms with Gasteiger partial charge in [0.15, 0.2) is 0 Å². The standard InChI is InChI=1S/C24H23FN2O4S/c1-15-13-18(10-11-21(15)25)26-24(29)17-6-4-7-19(14-17)32(30,31)27-22-12-9-16-5-2-3-8-20(16)23(22)28/h2-8,10-11,13-14,22-23,27-28H,9,12H2,1H3,(H,26,29)/t22-,23+/m1/s1. The molecule has 0 bridgehead atoms. The molecule has 0 unspecified atom stereocenters. The molecule has 0 spiro atoms. The Morgan fingerprint density at radius 3 is 2.62 bits per heavy atom. The van der Waals surface area contributed by atoms with E-state index < -0.39 is 28.1 Å². The van der Waals surface area contributed by atoms with Gasteiger partial charge in [-0.2, -0.15) is 0 Å². The van der Waals surface area contributed by atoms with E-state index in [0.717, 1.165) is 5.56 Å². The molecule has 4 rings (SSSR count). The third kappa shape index (κ3) is 4.57. The number of aryl methyl sites for hydroxylation is 2. The number of sulfonamides is 1. The molecule has 6 nitrogen and oxygen atoms in total. The number of aliphatic hydroxyl groups excluding tert-OH is 1. The third-order valence-electron chi connectivity index (χ3n) is 5.61. The molecule has 3 aromatic carbocycles. The van der Waals surface area contributed by atoms with Crippen LogP contribution in [0.2, 0.25) is 0 Å². The lowest BCUT2D eigenvalue weighted by Crippen LogP contribution is -2.41. The normalized spacial score (nSPS) is 18.1. The molecule has 0 fully saturated rings. The predicted octanol–water partition coefficient (Wildman–Crippen LogP) is 3.71. The summed E-state index contributed by atoms with van der Waals surface area (Å²) < 4.78 is 42.0. The van der Waals surface area contributed by atoms with E-state index in [-0.39, 0.29) is 16.3 Å². The fourth-order valence-electron chi connectivity index (χ4n) is 3.86. The molecule has 166 valence electrons. The number of hydrogen-bond donors (Lipinski definition) is 3. The highest BCUT2D eigenvalue weighted by molar-refractivity contribution is 7.89. The maximum Gasteiger partial charge on any atom is 0.255 e. The number of carbonyl (C=O) groups is 1. The zero-order chi connectivity index (χ0) is 22.9. The van der Waals surface area contributed by atoms with Gasteiger partial charge < -0.3 is 10.4 Å². The zero-order valence-corrected chi connectivity index (χ0v) is 18.2. The molecule has 0 aromatic heterocycles. The van der Waals surface area contributed by atoms with Crippen molar-refractivity contribution in [3.63, 3.8) is 0 Å². The second-order valence-corrected chi connectivity index (χ2v) is 9.57. The van der Waals surface area contributed by atoms with Crippen molar-refractivity contribution in [3.8, 4) is 0 Å². The first kappa shape index (κ1) is 22.1. The van der Waals surface area contributed by atoms with E-state index in [1.807, 2.05) is 18.2 Å². The number of anilines is 1. The molecule has 3 aromatic rings. The van der Waals surface area contributed by atoms with E-state index in [4.69, 9.17) is 0 Å². The van der Waals surface area contributed by atoms with Crippen LogP contribution in [0.5, 0.6) is 0 Å². The van der Waals surface area contributed by atoms with Crippen LogP contribution in [0, 0.1) is 12.7 Å². The second kappa shape index (κ2) is 8.82. The molecule has 0 aliphatic heterocycles. The van der Waals surface area contributed by atoms with Crippen LogP contribution in [0.25, 0.3) is 0 Å². The molecule has 3 N–H and O–H groups in total. The van der Waals surface area contributed by atoms with Crippen molar-refractivity contribution in [1.29, 1.82) is 0 Å². The van der Waals surface area contributed by atoms with Crippen LogP contribution in [0.3, 0.4) is 0 Å². The smallest absolute Gasteiger partial charge is 0.255 e. The first-order valence-corrected chi connectivity index (χ1v) is 11.7. The van der Waals surface area contributed by atoms with Crippen LogP contribution in [0.4, 0.5) is 10.1 Å². The average molecular weight is 455 g/mol. The number of hydrogen-bond acceptors (Lipinski definition) is 4. The Hall–Kier alpha value is -3.07. The molecule has 0 saturated carbocycles. The van der Waals surface area contributed by atoms with Crippen LogP contribution < -0.4 is 10.0 Å². The van der Waals surface area contributed by atoms with Gasteiger partial charge in [-0.15, -0.1) is 0 Å². The summed E-state index contributed by atoms with van der Waals surface area (Å²) in [6.45, 7) is 1.59. The lowest BCUT2D eigenvalue weighted by molar-refractivity contribution is 0.102. The van der Waals surface area contributed by atoms with Gasteiger partial charge in [0.05, 0.1) is 17.0 Å². The van der Waals surface area contributed by atoms with E-state index >= 15 is 0 Å². The molecule has 0 saturated heterocycles. The highest BCUT2D eigenvalue weighted by Gasteiger charge is 2.31. The number of aliphatic hydroxyl groups is 1. The van der Waals surface area contributed by atoms with Crippen molar-refractivity contribution < 1.29 is 22.7 Å². The minimum Gasteiger partial charge on any atom is -0.387 e. The highest BCUT2D eigenvalue weighted by atomic mass is 32.2. The fourth-order valence-corrected chi connectivity index (χ4v) is 5.18. The van der Waals surface area contributed by atoms with E-state index in [9.17, 15) is 22.7 Å². The minimum atomic E-state index is -3.98. The monoisotopic (exact) mass is 454 g/mol. The molecule has 1 aliphatic rings. The summed E-state index contributed by atoms with van der Waals surface area (Å²) in [6, 6.07) is 16.6. The maximum absolute atomic E-state index is 13.4. The molecule has 32 heavy (non-hydrogen) atoms. The summed E-state index contributed by atoms with van der Waals surface area (Å²) in [5.74, 6) is -0.894. The maximum atomic E-state index is 13.4. The van der Waals surface area contributed by atoms with Crippen LogP contribution in [0.1, 0.15) is 39.6 Å². The first-order chi connectivity index (χ1) is 15.2. The van der Waals surface area contributed by atoms with Gasteiger partial charge in [0, 0.05) is 11.3 Å². The number of carbonyl (C=O) groups excluding carboxylic acids is 1. The Morgan fingerprint density at radius 2 is 1.84 bits per heavy atom. The van der Waals surface area contributed by atoms with Crippen molar-refractivity contribution in [2.75, 3.05) is 5.32 Å². The largest absolute Gasteiger partial charge is 0.387 e. The Morgan fingerprint density at radius 1 is 1.06 bits per heavy atom. The van der Waals surface area contributed by atoms with Gasteiger partial charge >= 0.3 is 0 Å². The zero-order valence-electron chi connectivity index (χ0n) is 17.4. The van der Waals surface area contributed by atoms with Crippen LogP contribution in [-0.4, -0.2) is 25.5 Å². The van der Waals surface area contributed by atoms with Crippen LogP contribution in [0.15, 0.2) is 71.6 Å². The Bertz CT molecular complexity index is 1280. The lowest BCUT2D eigenvalue weighted by atomic mass is 9.86. The molecule has 1 amide bonds. The first-order valence-electron chi connectivity index (χ1n) is 10.2. The number of nitrogens with one attached hydrogen (secondary N) is 2. The van der Waals surface area contributed by atoms with Gasteiger partial charge in [-0.3, -0.25) is 4.79 Å². The third-order valence-corrected chi connectivity index (χ3v) is 7.10. The Balaban J connectivity index is 1.52. The van der Waals surface area contributed by atoms with Gasteiger partial charge in [-0.05, 0) is 72.9 Å². The minimum absolute atomic E-state index is 0.0773. The Labute approximate surface area is 186 Å². The van der Waals surface area contributed by atoms with Gasteiger partial charge in [0.25, 0.3) is 5.91 Å². The van der Waals surface area contributed by atoms with E-state index in [1.165, 1.54) is 42.5 Å². The quantitative estimate of drug-likeness (QED) is 0.548. The molecule has 1 aliphatic carbocycles. The predicted molar refractivity (Wildman–Crippen MR) is 119 cm³/mol. The summed E-state index contributed by atoms with van der Waals surface area (Å²) in [6.07, 6.45) is 0.157. The van der Waals surface area contributed by atoms with Gasteiger partial charge in [-0.1, -0.05) is 30.3 Å².